The first-order valence-corrected chi connectivity index (χ1v) is 9.10. The summed E-state index contributed by atoms with van der Waals surface area (Å²) in [7, 11) is -3.45. The molecule has 0 aliphatic heterocycles. The Bertz CT molecular complexity index is 594. The Labute approximate surface area is 135 Å². The van der Waals surface area contributed by atoms with Gasteiger partial charge in [0.05, 0.1) is 5.75 Å². The number of sulfonamides is 1. The van der Waals surface area contributed by atoms with Crippen LogP contribution >= 0.6 is 0 Å². The number of unbranched alkanes of at least 4 members (excludes halogenated alkanes) is 2. The van der Waals surface area contributed by atoms with Crippen LogP contribution in [-0.4, -0.2) is 27.2 Å². The average Bonchev–Trinajstić information content (AvgIpc) is 2.45. The Balaban J connectivity index is 2.75. The molecule has 0 saturated carbocycles. The average molecular weight is 353 g/mol. The van der Waals surface area contributed by atoms with Crippen LogP contribution in [-0.2, 0) is 10.0 Å². The third-order valence-electron chi connectivity index (χ3n) is 3.19. The zero-order chi connectivity index (χ0) is 17.5. The van der Waals surface area contributed by atoms with E-state index in [2.05, 4.69) is 4.72 Å². The van der Waals surface area contributed by atoms with E-state index >= 15 is 0 Å². The summed E-state index contributed by atoms with van der Waals surface area (Å²) in [5.41, 5.74) is 0.440. The molecule has 0 bridgehead atoms. The van der Waals surface area contributed by atoms with Gasteiger partial charge >= 0.3 is 0 Å². The normalized spacial score (nSPS) is 13.3. The fourth-order valence-electron chi connectivity index (χ4n) is 1.99. The van der Waals surface area contributed by atoms with Crippen molar-refractivity contribution >= 4 is 10.0 Å². The number of hydrogen-bond acceptors (Lipinski definition) is 3. The second-order valence-electron chi connectivity index (χ2n) is 5.26. The van der Waals surface area contributed by atoms with Crippen LogP contribution in [0.5, 0.6) is 5.75 Å². The van der Waals surface area contributed by atoms with Crippen LogP contribution in [0.3, 0.4) is 0 Å². The lowest BCUT2D eigenvalue weighted by Crippen LogP contribution is -2.29. The molecule has 0 aliphatic rings. The summed E-state index contributed by atoms with van der Waals surface area (Å²) in [5.74, 6) is -1.08. The first kappa shape index (κ1) is 19.8. The van der Waals surface area contributed by atoms with Gasteiger partial charge in [-0.2, -0.15) is 0 Å². The minimum atomic E-state index is -3.45. The molecule has 0 aliphatic carbocycles. The fourth-order valence-corrected chi connectivity index (χ4v) is 3.37. The molecule has 1 N–H and O–H groups in total. The third kappa shape index (κ3) is 7.22. The Morgan fingerprint density at radius 2 is 1.96 bits per heavy atom. The van der Waals surface area contributed by atoms with Crippen molar-refractivity contribution in [2.24, 2.45) is 0 Å². The van der Waals surface area contributed by atoms with Gasteiger partial charge in [-0.1, -0.05) is 25.8 Å². The third-order valence-corrected chi connectivity index (χ3v) is 4.73. The Morgan fingerprint density at radius 3 is 2.57 bits per heavy atom. The van der Waals surface area contributed by atoms with Gasteiger partial charge in [-0.15, -0.1) is 0 Å². The van der Waals surface area contributed by atoms with Crippen molar-refractivity contribution in [3.05, 3.63) is 29.6 Å². The highest BCUT2D eigenvalue weighted by Gasteiger charge is 2.17. The van der Waals surface area contributed by atoms with Gasteiger partial charge in [0.1, 0.15) is 6.61 Å². The van der Waals surface area contributed by atoms with E-state index in [9.17, 15) is 21.6 Å². The molecule has 8 heteroatoms. The number of benzene rings is 1. The van der Waals surface area contributed by atoms with Crippen molar-refractivity contribution < 1.29 is 26.3 Å². The summed E-state index contributed by atoms with van der Waals surface area (Å²) in [6, 6.07) is 3.08. The molecular formula is C15H22F3NO3S. The van der Waals surface area contributed by atoms with Crippen LogP contribution in [0.15, 0.2) is 18.2 Å². The van der Waals surface area contributed by atoms with E-state index in [4.69, 9.17) is 4.74 Å². The van der Waals surface area contributed by atoms with Crippen molar-refractivity contribution in [2.45, 2.75) is 45.6 Å². The summed E-state index contributed by atoms with van der Waals surface area (Å²) < 4.78 is 68.9. The summed E-state index contributed by atoms with van der Waals surface area (Å²) in [4.78, 5) is 0. The van der Waals surface area contributed by atoms with Gasteiger partial charge in [-0.05, 0) is 31.0 Å². The molecule has 1 aromatic carbocycles. The highest BCUT2D eigenvalue weighted by molar-refractivity contribution is 7.89. The van der Waals surface area contributed by atoms with Gasteiger partial charge in [-0.3, -0.25) is 0 Å². The lowest BCUT2D eigenvalue weighted by molar-refractivity contribution is 0.0798. The molecule has 0 spiro atoms. The molecule has 1 atom stereocenters. The van der Waals surface area contributed by atoms with Gasteiger partial charge in [0.25, 0.3) is 6.43 Å². The van der Waals surface area contributed by atoms with Gasteiger partial charge < -0.3 is 4.74 Å². The number of alkyl halides is 2. The van der Waals surface area contributed by atoms with Gasteiger partial charge in [0.15, 0.2) is 11.6 Å². The number of ether oxygens (including phenoxy) is 1. The molecule has 0 fully saturated rings. The van der Waals surface area contributed by atoms with E-state index in [1.54, 1.807) is 6.92 Å². The maximum atomic E-state index is 13.5. The predicted molar refractivity (Wildman–Crippen MR) is 82.8 cm³/mol. The quantitative estimate of drug-likeness (QED) is 0.654. The van der Waals surface area contributed by atoms with Crippen LogP contribution in [0.2, 0.25) is 0 Å². The zero-order valence-electron chi connectivity index (χ0n) is 13.2. The number of halogens is 3. The van der Waals surface area contributed by atoms with Crippen LogP contribution in [0.4, 0.5) is 13.2 Å². The first-order valence-electron chi connectivity index (χ1n) is 7.45. The fraction of sp³-hybridized carbons (Fsp3) is 0.600. The summed E-state index contributed by atoms with van der Waals surface area (Å²) in [6.45, 7) is 2.65. The van der Waals surface area contributed by atoms with Crippen LogP contribution in [0.25, 0.3) is 0 Å². The topological polar surface area (TPSA) is 55.4 Å². The Morgan fingerprint density at radius 1 is 1.26 bits per heavy atom. The standard InChI is InChI=1S/C15H22F3NO3S/c1-3-4-5-8-23(20,21)19-11(2)12-6-7-13(16)14(9-12)22-10-15(17)18/h6-7,9,11,15,19H,3-5,8,10H2,1-2H3/t11-/m1/s1. The largest absolute Gasteiger partial charge is 0.485 e. The predicted octanol–water partition coefficient (Wildman–Crippen LogP) is 3.64. The van der Waals surface area contributed by atoms with Crippen molar-refractivity contribution in [2.75, 3.05) is 12.4 Å². The maximum Gasteiger partial charge on any atom is 0.272 e. The molecular weight excluding hydrogens is 331 g/mol. The molecule has 23 heavy (non-hydrogen) atoms. The van der Waals surface area contributed by atoms with Crippen molar-refractivity contribution in [3.8, 4) is 5.75 Å². The van der Waals surface area contributed by atoms with Gasteiger partial charge in [0.2, 0.25) is 10.0 Å². The van der Waals surface area contributed by atoms with Crippen molar-refractivity contribution in [3.63, 3.8) is 0 Å². The second-order valence-corrected chi connectivity index (χ2v) is 7.13. The van der Waals surface area contributed by atoms with E-state index in [1.165, 1.54) is 12.1 Å². The lowest BCUT2D eigenvalue weighted by atomic mass is 10.1. The summed E-state index contributed by atoms with van der Waals surface area (Å²) >= 11 is 0. The van der Waals surface area contributed by atoms with Crippen LogP contribution in [0, 0.1) is 5.82 Å². The minimum Gasteiger partial charge on any atom is -0.485 e. The molecule has 1 aromatic rings. The number of hydrogen-bond donors (Lipinski definition) is 1. The van der Waals surface area contributed by atoms with E-state index in [0.717, 1.165) is 18.9 Å². The zero-order valence-corrected chi connectivity index (χ0v) is 14.0. The smallest absolute Gasteiger partial charge is 0.272 e. The molecule has 0 heterocycles. The van der Waals surface area contributed by atoms with Crippen LogP contribution in [0.1, 0.15) is 44.7 Å². The molecule has 0 unspecified atom stereocenters. The first-order chi connectivity index (χ1) is 10.7. The minimum absolute atomic E-state index is 0.0150. The number of rotatable bonds is 10. The van der Waals surface area contributed by atoms with E-state index < -0.39 is 34.9 Å². The SMILES string of the molecule is CCCCCS(=O)(=O)N[C@H](C)c1ccc(F)c(OCC(F)F)c1. The second kappa shape index (κ2) is 9.12. The highest BCUT2D eigenvalue weighted by atomic mass is 32.2. The molecule has 1 rings (SSSR count). The van der Waals surface area contributed by atoms with Crippen molar-refractivity contribution in [1.29, 1.82) is 0 Å². The monoisotopic (exact) mass is 353 g/mol. The van der Waals surface area contributed by atoms with E-state index in [1.807, 2.05) is 6.92 Å². The van der Waals surface area contributed by atoms with Gasteiger partial charge in [0, 0.05) is 6.04 Å². The number of nitrogens with one attached hydrogen (secondary N) is 1. The van der Waals surface area contributed by atoms with Gasteiger partial charge in [-0.25, -0.2) is 26.3 Å². The molecule has 0 saturated heterocycles. The molecule has 0 amide bonds. The van der Waals surface area contributed by atoms with Crippen molar-refractivity contribution in [1.82, 2.24) is 4.72 Å². The Hall–Kier alpha value is -1.28. The lowest BCUT2D eigenvalue weighted by Gasteiger charge is -2.16. The molecule has 0 aromatic heterocycles. The molecule has 4 nitrogen and oxygen atoms in total. The van der Waals surface area contributed by atoms with E-state index in [-0.39, 0.29) is 11.5 Å². The summed E-state index contributed by atoms with van der Waals surface area (Å²) in [5, 5.41) is 0. The molecule has 132 valence electrons. The van der Waals surface area contributed by atoms with E-state index in [0.29, 0.717) is 12.0 Å². The highest BCUT2D eigenvalue weighted by Crippen LogP contribution is 2.24. The Kier molecular flexibility index (Phi) is 7.84. The maximum absolute atomic E-state index is 13.5. The summed E-state index contributed by atoms with van der Waals surface area (Å²) in [6.07, 6.45) is -0.427. The molecule has 0 radical (unpaired) electrons. The van der Waals surface area contributed by atoms with Crippen LogP contribution < -0.4 is 9.46 Å².